The molecule has 1 aromatic rings. The first-order chi connectivity index (χ1) is 9.65. The Morgan fingerprint density at radius 3 is 2.75 bits per heavy atom. The largest absolute Gasteiger partial charge is 0.491 e. The molecule has 0 aromatic heterocycles. The van der Waals surface area contributed by atoms with E-state index in [0.717, 1.165) is 56.5 Å². The summed E-state index contributed by atoms with van der Waals surface area (Å²) in [7, 11) is 0. The molecule has 3 nitrogen and oxygen atoms in total. The molecule has 1 heterocycles. The van der Waals surface area contributed by atoms with Gasteiger partial charge in [-0.2, -0.15) is 0 Å². The van der Waals surface area contributed by atoms with Crippen LogP contribution in [-0.4, -0.2) is 43.9 Å². The van der Waals surface area contributed by atoms with Crippen molar-refractivity contribution < 1.29 is 9.47 Å². The number of rotatable bonds is 6. The molecule has 0 amide bonds. The van der Waals surface area contributed by atoms with Crippen molar-refractivity contribution in [2.45, 2.75) is 32.8 Å². The minimum absolute atomic E-state index is 0.189. The topological polar surface area (TPSA) is 21.7 Å². The van der Waals surface area contributed by atoms with Crippen LogP contribution in [0.15, 0.2) is 18.2 Å². The second-order valence-electron chi connectivity index (χ2n) is 5.48. The Morgan fingerprint density at radius 1 is 1.30 bits per heavy atom. The maximum absolute atomic E-state index is 6.10. The summed E-state index contributed by atoms with van der Waals surface area (Å²) in [5, 5.41) is 0.780. The number of ether oxygens (including phenoxy) is 2. The molecule has 0 N–H and O–H groups in total. The van der Waals surface area contributed by atoms with Crippen LogP contribution < -0.4 is 4.74 Å². The fourth-order valence-electron chi connectivity index (χ4n) is 2.43. The van der Waals surface area contributed by atoms with Crippen molar-refractivity contribution >= 4 is 11.6 Å². The van der Waals surface area contributed by atoms with E-state index in [1.54, 1.807) is 0 Å². The van der Waals surface area contributed by atoms with Gasteiger partial charge in [0.2, 0.25) is 0 Å². The van der Waals surface area contributed by atoms with Crippen LogP contribution in [0.2, 0.25) is 5.02 Å². The zero-order valence-corrected chi connectivity index (χ0v) is 13.2. The van der Waals surface area contributed by atoms with Crippen molar-refractivity contribution in [1.29, 1.82) is 0 Å². The Morgan fingerprint density at radius 2 is 2.05 bits per heavy atom. The van der Waals surface area contributed by atoms with Crippen molar-refractivity contribution in [3.05, 3.63) is 28.8 Å². The molecule has 2 rings (SSSR count). The Labute approximate surface area is 126 Å². The molecule has 4 heteroatoms. The first-order valence-electron chi connectivity index (χ1n) is 7.40. The SMILES string of the molecule is CC(C)Oc1ccc(Cl)cc1CCCN1CCOCC1. The predicted molar refractivity (Wildman–Crippen MR) is 82.8 cm³/mol. The lowest BCUT2D eigenvalue weighted by Gasteiger charge is -2.26. The predicted octanol–water partition coefficient (Wildman–Crippen LogP) is 3.39. The second kappa shape index (κ2) is 7.87. The molecular formula is C16H24ClNO2. The lowest BCUT2D eigenvalue weighted by molar-refractivity contribution is 0.0374. The fourth-order valence-corrected chi connectivity index (χ4v) is 2.62. The van der Waals surface area contributed by atoms with Gasteiger partial charge in [-0.25, -0.2) is 0 Å². The standard InChI is InChI=1S/C16H24ClNO2/c1-13(2)20-16-6-5-15(17)12-14(16)4-3-7-18-8-10-19-11-9-18/h5-6,12-13H,3-4,7-11H2,1-2H3. The normalized spacial score (nSPS) is 16.6. The Bertz CT molecular complexity index is 417. The maximum Gasteiger partial charge on any atom is 0.122 e. The lowest BCUT2D eigenvalue weighted by Crippen LogP contribution is -2.36. The van der Waals surface area contributed by atoms with Crippen LogP contribution in [0.1, 0.15) is 25.8 Å². The molecule has 0 aliphatic carbocycles. The number of nitrogens with zero attached hydrogens (tertiary/aromatic N) is 1. The molecule has 1 aromatic carbocycles. The Balaban J connectivity index is 1.88. The van der Waals surface area contributed by atoms with Crippen LogP contribution in [-0.2, 0) is 11.2 Å². The van der Waals surface area contributed by atoms with Gasteiger partial charge in [0, 0.05) is 18.1 Å². The summed E-state index contributed by atoms with van der Waals surface area (Å²) in [6.07, 6.45) is 2.31. The van der Waals surface area contributed by atoms with Gasteiger partial charge in [0.05, 0.1) is 19.3 Å². The minimum atomic E-state index is 0.189. The van der Waals surface area contributed by atoms with Crippen LogP contribution in [0.3, 0.4) is 0 Å². The summed E-state index contributed by atoms with van der Waals surface area (Å²) in [4.78, 5) is 2.46. The van der Waals surface area contributed by atoms with E-state index in [0.29, 0.717) is 0 Å². The molecule has 1 aliphatic rings. The van der Waals surface area contributed by atoms with Gasteiger partial charge in [0.25, 0.3) is 0 Å². The van der Waals surface area contributed by atoms with Crippen molar-refractivity contribution in [1.82, 2.24) is 4.90 Å². The number of benzene rings is 1. The molecule has 1 saturated heterocycles. The van der Waals surface area contributed by atoms with Crippen LogP contribution in [0, 0.1) is 0 Å². The highest BCUT2D eigenvalue weighted by Gasteiger charge is 2.11. The van der Waals surface area contributed by atoms with Crippen LogP contribution >= 0.6 is 11.6 Å². The second-order valence-corrected chi connectivity index (χ2v) is 5.91. The number of halogens is 1. The van der Waals surface area contributed by atoms with Gasteiger partial charge < -0.3 is 9.47 Å². The van der Waals surface area contributed by atoms with E-state index in [2.05, 4.69) is 4.90 Å². The first kappa shape index (κ1) is 15.6. The van der Waals surface area contributed by atoms with Crippen molar-refractivity contribution in [2.75, 3.05) is 32.8 Å². The lowest BCUT2D eigenvalue weighted by atomic mass is 10.1. The van der Waals surface area contributed by atoms with E-state index >= 15 is 0 Å². The van der Waals surface area contributed by atoms with E-state index in [9.17, 15) is 0 Å². The zero-order chi connectivity index (χ0) is 14.4. The van der Waals surface area contributed by atoms with Gasteiger partial charge in [0.15, 0.2) is 0 Å². The zero-order valence-electron chi connectivity index (χ0n) is 12.4. The summed E-state index contributed by atoms with van der Waals surface area (Å²) in [6.45, 7) is 9.02. The highest BCUT2D eigenvalue weighted by Crippen LogP contribution is 2.25. The van der Waals surface area contributed by atoms with Crippen LogP contribution in [0.5, 0.6) is 5.75 Å². The molecule has 112 valence electrons. The quantitative estimate of drug-likeness (QED) is 0.803. The van der Waals surface area contributed by atoms with E-state index in [-0.39, 0.29) is 6.10 Å². The Hall–Kier alpha value is -0.770. The summed E-state index contributed by atoms with van der Waals surface area (Å²) >= 11 is 6.10. The number of hydrogen-bond acceptors (Lipinski definition) is 3. The van der Waals surface area contributed by atoms with Gasteiger partial charge in [-0.15, -0.1) is 0 Å². The van der Waals surface area contributed by atoms with Gasteiger partial charge in [-0.05, 0) is 57.0 Å². The molecule has 20 heavy (non-hydrogen) atoms. The highest BCUT2D eigenvalue weighted by molar-refractivity contribution is 6.30. The summed E-state index contributed by atoms with van der Waals surface area (Å²) in [5.41, 5.74) is 1.21. The van der Waals surface area contributed by atoms with Gasteiger partial charge in [-0.3, -0.25) is 4.90 Å². The van der Waals surface area contributed by atoms with E-state index in [4.69, 9.17) is 21.1 Å². The molecule has 0 saturated carbocycles. The monoisotopic (exact) mass is 297 g/mol. The number of hydrogen-bond donors (Lipinski definition) is 0. The third-order valence-electron chi connectivity index (χ3n) is 3.41. The van der Waals surface area contributed by atoms with Gasteiger partial charge in [0.1, 0.15) is 5.75 Å². The number of aryl methyl sites for hydroxylation is 1. The first-order valence-corrected chi connectivity index (χ1v) is 7.78. The molecule has 0 spiro atoms. The molecular weight excluding hydrogens is 274 g/mol. The van der Waals surface area contributed by atoms with Crippen molar-refractivity contribution in [2.24, 2.45) is 0 Å². The Kier molecular flexibility index (Phi) is 6.14. The van der Waals surface area contributed by atoms with Gasteiger partial charge >= 0.3 is 0 Å². The molecule has 1 aliphatic heterocycles. The molecule has 1 fully saturated rings. The third kappa shape index (κ3) is 4.97. The molecule has 0 bridgehead atoms. The highest BCUT2D eigenvalue weighted by atomic mass is 35.5. The third-order valence-corrected chi connectivity index (χ3v) is 3.64. The van der Waals surface area contributed by atoms with Gasteiger partial charge in [-0.1, -0.05) is 11.6 Å². The van der Waals surface area contributed by atoms with Crippen LogP contribution in [0.4, 0.5) is 0 Å². The van der Waals surface area contributed by atoms with Crippen LogP contribution in [0.25, 0.3) is 0 Å². The fraction of sp³-hybridized carbons (Fsp3) is 0.625. The average Bonchev–Trinajstić information content (AvgIpc) is 2.42. The van der Waals surface area contributed by atoms with E-state index < -0.39 is 0 Å². The maximum atomic E-state index is 6.10. The summed E-state index contributed by atoms with van der Waals surface area (Å²) in [6, 6.07) is 5.90. The number of morpholine rings is 1. The summed E-state index contributed by atoms with van der Waals surface area (Å²) < 4.78 is 11.2. The van der Waals surface area contributed by atoms with Crippen molar-refractivity contribution in [3.63, 3.8) is 0 Å². The summed E-state index contributed by atoms with van der Waals surface area (Å²) in [5.74, 6) is 0.964. The average molecular weight is 298 g/mol. The molecule has 0 atom stereocenters. The van der Waals surface area contributed by atoms with E-state index in [1.165, 1.54) is 5.56 Å². The smallest absolute Gasteiger partial charge is 0.122 e. The van der Waals surface area contributed by atoms with Crippen molar-refractivity contribution in [3.8, 4) is 5.75 Å². The minimum Gasteiger partial charge on any atom is -0.491 e. The molecule has 0 unspecified atom stereocenters. The molecule has 0 radical (unpaired) electrons. The van der Waals surface area contributed by atoms with E-state index in [1.807, 2.05) is 32.0 Å².